The minimum atomic E-state index is -1.09. The molecule has 2 N–H and O–H groups in total. The van der Waals surface area contributed by atoms with Crippen LogP contribution in [0.2, 0.25) is 0 Å². The van der Waals surface area contributed by atoms with Crippen LogP contribution >= 0.6 is 0 Å². The average molecular weight is 182 g/mol. The Labute approximate surface area is 75.4 Å². The van der Waals surface area contributed by atoms with E-state index in [-0.39, 0.29) is 11.3 Å². The number of carbonyl (C=O) groups is 1. The summed E-state index contributed by atoms with van der Waals surface area (Å²) in [6.45, 7) is 1.65. The molecule has 0 bridgehead atoms. The lowest BCUT2D eigenvalue weighted by Crippen LogP contribution is -1.98. The van der Waals surface area contributed by atoms with Crippen LogP contribution in [0, 0.1) is 6.92 Å². The third-order valence-electron chi connectivity index (χ3n) is 1.80. The van der Waals surface area contributed by atoms with Gasteiger partial charge in [0.2, 0.25) is 0 Å². The van der Waals surface area contributed by atoms with Gasteiger partial charge in [0, 0.05) is 5.56 Å². The fourth-order valence-corrected chi connectivity index (χ4v) is 1.01. The zero-order chi connectivity index (χ0) is 10.0. The van der Waals surface area contributed by atoms with Gasteiger partial charge in [0.1, 0.15) is 11.5 Å². The number of ether oxygens (including phenoxy) is 1. The molecule has 4 nitrogen and oxygen atoms in total. The highest BCUT2D eigenvalue weighted by Crippen LogP contribution is 2.28. The van der Waals surface area contributed by atoms with Gasteiger partial charge in [0.25, 0.3) is 0 Å². The minimum Gasteiger partial charge on any atom is -0.508 e. The molecule has 0 fully saturated rings. The Hall–Kier alpha value is -1.71. The number of carboxylic acids is 1. The lowest BCUT2D eigenvalue weighted by Gasteiger charge is -2.07. The maximum absolute atomic E-state index is 10.6. The van der Waals surface area contributed by atoms with Crippen LogP contribution in [-0.2, 0) is 0 Å². The van der Waals surface area contributed by atoms with Crippen molar-refractivity contribution in [3.63, 3.8) is 0 Å². The molecule has 0 aliphatic carbocycles. The Morgan fingerprint density at radius 3 is 2.54 bits per heavy atom. The predicted molar refractivity (Wildman–Crippen MR) is 46.4 cm³/mol. The zero-order valence-corrected chi connectivity index (χ0v) is 7.37. The molecule has 0 saturated heterocycles. The summed E-state index contributed by atoms with van der Waals surface area (Å²) in [7, 11) is 1.42. The maximum atomic E-state index is 10.6. The first-order valence-corrected chi connectivity index (χ1v) is 3.67. The number of hydrogen-bond donors (Lipinski definition) is 2. The quantitative estimate of drug-likeness (QED) is 0.725. The molecular weight excluding hydrogens is 172 g/mol. The van der Waals surface area contributed by atoms with Crippen LogP contribution in [0.15, 0.2) is 12.1 Å². The van der Waals surface area contributed by atoms with Crippen molar-refractivity contribution in [3.8, 4) is 11.5 Å². The van der Waals surface area contributed by atoms with E-state index in [2.05, 4.69) is 0 Å². The van der Waals surface area contributed by atoms with Crippen molar-refractivity contribution in [2.24, 2.45) is 0 Å². The number of hydrogen-bond acceptors (Lipinski definition) is 3. The van der Waals surface area contributed by atoms with Crippen LogP contribution in [0.25, 0.3) is 0 Å². The van der Waals surface area contributed by atoms with Gasteiger partial charge in [-0.05, 0) is 19.1 Å². The Morgan fingerprint density at radius 2 is 2.08 bits per heavy atom. The van der Waals surface area contributed by atoms with Gasteiger partial charge in [-0.15, -0.1) is 0 Å². The summed E-state index contributed by atoms with van der Waals surface area (Å²) >= 11 is 0. The molecule has 0 radical (unpaired) electrons. The molecular formula is C9H10O4. The van der Waals surface area contributed by atoms with Crippen LogP contribution in [0.4, 0.5) is 0 Å². The van der Waals surface area contributed by atoms with Crippen LogP contribution in [0.3, 0.4) is 0 Å². The molecule has 1 aromatic carbocycles. The lowest BCUT2D eigenvalue weighted by molar-refractivity contribution is 0.0696. The maximum Gasteiger partial charge on any atom is 0.335 e. The number of rotatable bonds is 2. The first-order chi connectivity index (χ1) is 6.06. The van der Waals surface area contributed by atoms with Gasteiger partial charge in [-0.25, -0.2) is 4.79 Å². The summed E-state index contributed by atoms with van der Waals surface area (Å²) in [6.07, 6.45) is 0. The topological polar surface area (TPSA) is 66.8 Å². The Kier molecular flexibility index (Phi) is 2.41. The van der Waals surface area contributed by atoms with Gasteiger partial charge >= 0.3 is 5.97 Å². The van der Waals surface area contributed by atoms with Crippen molar-refractivity contribution in [3.05, 3.63) is 23.3 Å². The molecule has 70 valence electrons. The minimum absolute atomic E-state index is 0.0138. The Bertz CT molecular complexity index is 344. The normalized spacial score (nSPS) is 9.69. The summed E-state index contributed by atoms with van der Waals surface area (Å²) in [5.74, 6) is -0.789. The lowest BCUT2D eigenvalue weighted by atomic mass is 10.1. The van der Waals surface area contributed by atoms with Crippen molar-refractivity contribution < 1.29 is 19.7 Å². The van der Waals surface area contributed by atoms with Gasteiger partial charge in [-0.1, -0.05) is 0 Å². The summed E-state index contributed by atoms with van der Waals surface area (Å²) in [4.78, 5) is 10.6. The number of benzene rings is 1. The zero-order valence-electron chi connectivity index (χ0n) is 7.37. The number of carboxylic acid groups (broad SMARTS) is 1. The molecule has 0 aromatic heterocycles. The summed E-state index contributed by atoms with van der Waals surface area (Å²) < 4.78 is 4.89. The van der Waals surface area contributed by atoms with E-state index >= 15 is 0 Å². The van der Waals surface area contributed by atoms with Gasteiger partial charge < -0.3 is 14.9 Å². The summed E-state index contributed by atoms with van der Waals surface area (Å²) in [6, 6.07) is 2.57. The SMILES string of the molecule is COc1cc(C(=O)O)cc(O)c1C. The van der Waals surface area contributed by atoms with Crippen molar-refractivity contribution in [1.82, 2.24) is 0 Å². The molecule has 0 heterocycles. The first-order valence-electron chi connectivity index (χ1n) is 3.67. The fourth-order valence-electron chi connectivity index (χ4n) is 1.01. The molecule has 0 aliphatic rings. The van der Waals surface area contributed by atoms with Crippen LogP contribution in [0.5, 0.6) is 11.5 Å². The van der Waals surface area contributed by atoms with Crippen molar-refractivity contribution in [2.75, 3.05) is 7.11 Å². The van der Waals surface area contributed by atoms with E-state index < -0.39 is 5.97 Å². The molecule has 1 aromatic rings. The standard InChI is InChI=1S/C9H10O4/c1-5-7(10)3-6(9(11)12)4-8(5)13-2/h3-4,10H,1-2H3,(H,11,12). The third kappa shape index (κ3) is 1.72. The highest BCUT2D eigenvalue weighted by molar-refractivity contribution is 5.89. The number of aromatic hydroxyl groups is 1. The number of aromatic carboxylic acids is 1. The van der Waals surface area contributed by atoms with Gasteiger partial charge in [-0.3, -0.25) is 0 Å². The molecule has 1 rings (SSSR count). The largest absolute Gasteiger partial charge is 0.508 e. The third-order valence-corrected chi connectivity index (χ3v) is 1.80. The number of phenolic OH excluding ortho intramolecular Hbond substituents is 1. The smallest absolute Gasteiger partial charge is 0.335 e. The monoisotopic (exact) mass is 182 g/mol. The second kappa shape index (κ2) is 3.35. The molecule has 4 heteroatoms. The highest BCUT2D eigenvalue weighted by Gasteiger charge is 2.10. The number of phenols is 1. The Morgan fingerprint density at radius 1 is 1.46 bits per heavy atom. The van der Waals surface area contributed by atoms with E-state index in [9.17, 15) is 9.90 Å². The molecule has 0 aliphatic heterocycles. The van der Waals surface area contributed by atoms with Crippen LogP contribution in [-0.4, -0.2) is 23.3 Å². The van der Waals surface area contributed by atoms with E-state index in [1.807, 2.05) is 0 Å². The van der Waals surface area contributed by atoms with Gasteiger partial charge in [0.05, 0.1) is 12.7 Å². The van der Waals surface area contributed by atoms with E-state index in [4.69, 9.17) is 9.84 Å². The van der Waals surface area contributed by atoms with Gasteiger partial charge in [0.15, 0.2) is 0 Å². The van der Waals surface area contributed by atoms with E-state index in [0.717, 1.165) is 0 Å². The van der Waals surface area contributed by atoms with E-state index in [1.54, 1.807) is 6.92 Å². The van der Waals surface area contributed by atoms with Crippen molar-refractivity contribution in [1.29, 1.82) is 0 Å². The van der Waals surface area contributed by atoms with E-state index in [0.29, 0.717) is 11.3 Å². The van der Waals surface area contributed by atoms with Crippen molar-refractivity contribution in [2.45, 2.75) is 6.92 Å². The fraction of sp³-hybridized carbons (Fsp3) is 0.222. The average Bonchev–Trinajstić information content (AvgIpc) is 2.09. The molecule has 0 amide bonds. The van der Waals surface area contributed by atoms with Gasteiger partial charge in [-0.2, -0.15) is 0 Å². The molecule has 13 heavy (non-hydrogen) atoms. The number of methoxy groups -OCH3 is 1. The van der Waals surface area contributed by atoms with Crippen LogP contribution < -0.4 is 4.74 Å². The molecule has 0 unspecified atom stereocenters. The first kappa shape index (κ1) is 9.38. The second-order valence-corrected chi connectivity index (χ2v) is 2.63. The second-order valence-electron chi connectivity index (χ2n) is 2.63. The summed E-state index contributed by atoms with van der Waals surface area (Å²) in [5, 5.41) is 18.0. The van der Waals surface area contributed by atoms with Crippen molar-refractivity contribution >= 4 is 5.97 Å². The summed E-state index contributed by atoms with van der Waals surface area (Å²) in [5.41, 5.74) is 0.549. The van der Waals surface area contributed by atoms with Crippen LogP contribution in [0.1, 0.15) is 15.9 Å². The Balaban J connectivity index is 3.30. The highest BCUT2D eigenvalue weighted by atomic mass is 16.5. The predicted octanol–water partition coefficient (Wildman–Crippen LogP) is 1.41. The van der Waals surface area contributed by atoms with E-state index in [1.165, 1.54) is 19.2 Å². The molecule has 0 saturated carbocycles. The molecule has 0 spiro atoms. The molecule has 0 atom stereocenters.